The second-order valence-electron chi connectivity index (χ2n) is 6.48. The average Bonchev–Trinajstić information content (AvgIpc) is 3.24. The van der Waals surface area contributed by atoms with Gasteiger partial charge in [-0.1, -0.05) is 5.16 Å². The van der Waals surface area contributed by atoms with Crippen molar-refractivity contribution in [2.75, 3.05) is 31.3 Å². The average molecular weight is 446 g/mol. The number of nitrogens with zero attached hydrogens (tertiary/aromatic N) is 3. The quantitative estimate of drug-likeness (QED) is 0.528. The number of hydrogen-bond donors (Lipinski definition) is 1. The minimum atomic E-state index is -3.68. The first-order valence-electron chi connectivity index (χ1n) is 9.15. The highest BCUT2D eigenvalue weighted by Crippen LogP contribution is 2.22. The molecule has 11 heteroatoms. The molecule has 0 unspecified atom stereocenters. The monoisotopic (exact) mass is 446 g/mol. The van der Waals surface area contributed by atoms with E-state index in [-0.39, 0.29) is 12.4 Å². The molecule has 10 nitrogen and oxygen atoms in total. The van der Waals surface area contributed by atoms with Gasteiger partial charge in [0.25, 0.3) is 0 Å². The summed E-state index contributed by atoms with van der Waals surface area (Å²) in [5.41, 5.74) is 1.07. The SMILES string of the molecule is COc1ccc(-c2noc(CNC(=O)CN(c3ccc(OC)cc3)S(C)(=O)=O)n2)cc1. The fourth-order valence-corrected chi connectivity index (χ4v) is 3.55. The van der Waals surface area contributed by atoms with Crippen molar-refractivity contribution in [3.8, 4) is 22.9 Å². The van der Waals surface area contributed by atoms with Crippen LogP contribution >= 0.6 is 0 Å². The van der Waals surface area contributed by atoms with Crippen LogP contribution in [0.25, 0.3) is 11.4 Å². The number of carbonyl (C=O) groups excluding carboxylic acids is 1. The number of sulfonamides is 1. The Morgan fingerprint density at radius 2 is 1.61 bits per heavy atom. The minimum absolute atomic E-state index is 0.0395. The van der Waals surface area contributed by atoms with Crippen LogP contribution in [0.4, 0.5) is 5.69 Å². The first-order valence-corrected chi connectivity index (χ1v) is 11.0. The summed E-state index contributed by atoms with van der Waals surface area (Å²) in [5.74, 6) is 1.31. The zero-order chi connectivity index (χ0) is 22.4. The van der Waals surface area contributed by atoms with Crippen LogP contribution in [0, 0.1) is 0 Å². The molecule has 0 saturated heterocycles. The molecule has 0 aliphatic carbocycles. The van der Waals surface area contributed by atoms with Gasteiger partial charge in [-0.3, -0.25) is 9.10 Å². The molecule has 0 aliphatic rings. The number of benzene rings is 2. The fraction of sp³-hybridized carbons (Fsp3) is 0.250. The molecule has 3 aromatic rings. The molecule has 2 aromatic carbocycles. The van der Waals surface area contributed by atoms with E-state index in [0.717, 1.165) is 16.1 Å². The van der Waals surface area contributed by atoms with E-state index in [0.29, 0.717) is 23.0 Å². The van der Waals surface area contributed by atoms with Crippen molar-refractivity contribution in [2.45, 2.75) is 6.54 Å². The molecule has 31 heavy (non-hydrogen) atoms. The molecule has 1 aromatic heterocycles. The Morgan fingerprint density at radius 3 is 2.16 bits per heavy atom. The number of carbonyl (C=O) groups is 1. The normalized spacial score (nSPS) is 11.1. The van der Waals surface area contributed by atoms with Crippen molar-refractivity contribution in [1.82, 2.24) is 15.5 Å². The van der Waals surface area contributed by atoms with Crippen LogP contribution < -0.4 is 19.1 Å². The molecule has 0 atom stereocenters. The smallest absolute Gasteiger partial charge is 0.246 e. The number of hydrogen-bond acceptors (Lipinski definition) is 8. The van der Waals surface area contributed by atoms with Gasteiger partial charge in [-0.2, -0.15) is 4.98 Å². The second kappa shape index (κ2) is 9.47. The van der Waals surface area contributed by atoms with Gasteiger partial charge in [-0.15, -0.1) is 0 Å². The van der Waals surface area contributed by atoms with Gasteiger partial charge >= 0.3 is 0 Å². The Morgan fingerprint density at radius 1 is 1.03 bits per heavy atom. The maximum absolute atomic E-state index is 12.4. The van der Waals surface area contributed by atoms with Crippen molar-refractivity contribution in [3.63, 3.8) is 0 Å². The summed E-state index contributed by atoms with van der Waals surface area (Å²) >= 11 is 0. The summed E-state index contributed by atoms with van der Waals surface area (Å²) in [6.07, 6.45) is 1.03. The fourth-order valence-electron chi connectivity index (χ4n) is 2.69. The Labute approximate surface area is 179 Å². The molecule has 0 radical (unpaired) electrons. The van der Waals surface area contributed by atoms with Gasteiger partial charge in [-0.25, -0.2) is 8.42 Å². The van der Waals surface area contributed by atoms with E-state index >= 15 is 0 Å². The molecule has 164 valence electrons. The zero-order valence-electron chi connectivity index (χ0n) is 17.2. The Kier molecular flexibility index (Phi) is 6.75. The third kappa shape index (κ3) is 5.72. The largest absolute Gasteiger partial charge is 0.497 e. The van der Waals surface area contributed by atoms with Crippen LogP contribution in [0.1, 0.15) is 5.89 Å². The van der Waals surface area contributed by atoms with Gasteiger partial charge in [-0.05, 0) is 48.5 Å². The number of aromatic nitrogens is 2. The van der Waals surface area contributed by atoms with Crippen LogP contribution in [0.15, 0.2) is 53.1 Å². The Bertz CT molecular complexity index is 1130. The van der Waals surface area contributed by atoms with Crippen LogP contribution in [-0.4, -0.2) is 51.5 Å². The number of ether oxygens (including phenoxy) is 2. The molecule has 1 N–H and O–H groups in total. The molecular formula is C20H22N4O6S. The van der Waals surface area contributed by atoms with Gasteiger partial charge in [0.2, 0.25) is 27.6 Å². The second-order valence-corrected chi connectivity index (χ2v) is 8.39. The molecule has 3 rings (SSSR count). The third-order valence-electron chi connectivity index (χ3n) is 4.30. The summed E-state index contributed by atoms with van der Waals surface area (Å²) in [7, 11) is -0.602. The van der Waals surface area contributed by atoms with Crippen molar-refractivity contribution in [3.05, 3.63) is 54.4 Å². The molecule has 0 fully saturated rings. The van der Waals surface area contributed by atoms with Gasteiger partial charge in [0.1, 0.15) is 18.0 Å². The molecular weight excluding hydrogens is 424 g/mol. The summed E-state index contributed by atoms with van der Waals surface area (Å²) in [6, 6.07) is 13.5. The number of nitrogens with one attached hydrogen (secondary N) is 1. The van der Waals surface area contributed by atoms with E-state index in [9.17, 15) is 13.2 Å². The zero-order valence-corrected chi connectivity index (χ0v) is 18.0. The Balaban J connectivity index is 1.63. The van der Waals surface area contributed by atoms with Gasteiger partial charge in [0, 0.05) is 5.56 Å². The summed E-state index contributed by atoms with van der Waals surface area (Å²) < 4.78 is 40.7. The van der Waals surface area contributed by atoms with E-state index in [1.165, 1.54) is 7.11 Å². The first kappa shape index (κ1) is 22.1. The molecule has 0 saturated carbocycles. The van der Waals surface area contributed by atoms with Gasteiger partial charge < -0.3 is 19.3 Å². The third-order valence-corrected chi connectivity index (χ3v) is 5.44. The van der Waals surface area contributed by atoms with E-state index < -0.39 is 22.5 Å². The molecule has 1 heterocycles. The number of methoxy groups -OCH3 is 2. The molecule has 0 spiro atoms. The number of amides is 1. The highest BCUT2D eigenvalue weighted by atomic mass is 32.2. The van der Waals surface area contributed by atoms with Crippen molar-refractivity contribution in [1.29, 1.82) is 0 Å². The van der Waals surface area contributed by atoms with Gasteiger partial charge in [0.15, 0.2) is 0 Å². The lowest BCUT2D eigenvalue weighted by atomic mass is 10.2. The van der Waals surface area contributed by atoms with Gasteiger partial charge in [0.05, 0.1) is 32.7 Å². The topological polar surface area (TPSA) is 124 Å². The van der Waals surface area contributed by atoms with Crippen LogP contribution in [0.3, 0.4) is 0 Å². The van der Waals surface area contributed by atoms with E-state index in [2.05, 4.69) is 15.5 Å². The lowest BCUT2D eigenvalue weighted by Crippen LogP contribution is -2.40. The standard InChI is InChI=1S/C20H22N4O6S/c1-28-16-8-4-14(5-9-16)20-22-19(30-23-20)12-21-18(25)13-24(31(3,26)27)15-6-10-17(29-2)11-7-15/h4-11H,12-13H2,1-3H3,(H,21,25). The molecule has 1 amide bonds. The predicted molar refractivity (Wildman–Crippen MR) is 113 cm³/mol. The lowest BCUT2D eigenvalue weighted by Gasteiger charge is -2.21. The van der Waals surface area contributed by atoms with E-state index in [1.807, 2.05) is 0 Å². The summed E-state index contributed by atoms with van der Waals surface area (Å²) in [5, 5.41) is 6.48. The van der Waals surface area contributed by atoms with Crippen LogP contribution in [0.2, 0.25) is 0 Å². The van der Waals surface area contributed by atoms with Crippen LogP contribution in [-0.2, 0) is 21.4 Å². The Hall–Kier alpha value is -3.60. The van der Waals surface area contributed by atoms with Crippen molar-refractivity contribution >= 4 is 21.6 Å². The van der Waals surface area contributed by atoms with Crippen molar-refractivity contribution < 1.29 is 27.2 Å². The number of rotatable bonds is 9. The van der Waals surface area contributed by atoms with E-state index in [1.54, 1.807) is 55.6 Å². The highest BCUT2D eigenvalue weighted by molar-refractivity contribution is 7.92. The summed E-state index contributed by atoms with van der Waals surface area (Å²) in [4.78, 5) is 16.6. The maximum Gasteiger partial charge on any atom is 0.246 e. The van der Waals surface area contributed by atoms with E-state index in [4.69, 9.17) is 14.0 Å². The number of anilines is 1. The minimum Gasteiger partial charge on any atom is -0.497 e. The maximum atomic E-state index is 12.4. The first-order chi connectivity index (χ1) is 14.8. The van der Waals surface area contributed by atoms with Crippen molar-refractivity contribution in [2.24, 2.45) is 0 Å². The molecule has 0 aliphatic heterocycles. The summed E-state index contributed by atoms with van der Waals surface area (Å²) in [6.45, 7) is -0.438. The van der Waals surface area contributed by atoms with Crippen LogP contribution in [0.5, 0.6) is 11.5 Å². The highest BCUT2D eigenvalue weighted by Gasteiger charge is 2.21. The predicted octanol–water partition coefficient (Wildman–Crippen LogP) is 1.84. The molecule has 0 bridgehead atoms. The lowest BCUT2D eigenvalue weighted by molar-refractivity contribution is -0.119.